The number of piperidine rings is 1. The van der Waals surface area contributed by atoms with Crippen LogP contribution in [0.4, 0.5) is 17.6 Å². The van der Waals surface area contributed by atoms with Crippen LogP contribution < -0.4 is 24.8 Å². The van der Waals surface area contributed by atoms with E-state index in [0.29, 0.717) is 23.5 Å². The van der Waals surface area contributed by atoms with Gasteiger partial charge in [-0.05, 0) is 53.9 Å². The predicted octanol–water partition coefficient (Wildman–Crippen LogP) is 3.67. The highest BCUT2D eigenvalue weighted by molar-refractivity contribution is 5.94. The van der Waals surface area contributed by atoms with E-state index in [2.05, 4.69) is 15.6 Å². The van der Waals surface area contributed by atoms with Gasteiger partial charge in [0.1, 0.15) is 23.4 Å². The van der Waals surface area contributed by atoms with Gasteiger partial charge in [0.25, 0.3) is 11.8 Å². The van der Waals surface area contributed by atoms with Crippen molar-refractivity contribution in [2.45, 2.75) is 44.1 Å². The SMILES string of the molecule is COc1ccc2cc1OCC(=O)N[C@@H]1CN(C(=O)c3ccc(C(F)(F)F)nc3)CC[C@H]1Oc1cc(F)cc(c1)CNC(=O)CC2. The number of nitrogens with one attached hydrogen (secondary N) is 2. The fraction of sp³-hybridized carbons (Fsp3) is 0.355. The Hall–Kier alpha value is -4.88. The number of alkyl halides is 3. The predicted molar refractivity (Wildman–Crippen MR) is 151 cm³/mol. The summed E-state index contributed by atoms with van der Waals surface area (Å²) in [7, 11) is 1.45. The van der Waals surface area contributed by atoms with Crippen LogP contribution in [0.3, 0.4) is 0 Å². The molecule has 0 unspecified atom stereocenters. The zero-order valence-corrected chi connectivity index (χ0v) is 24.2. The van der Waals surface area contributed by atoms with E-state index in [1.54, 1.807) is 24.3 Å². The minimum atomic E-state index is -4.65. The van der Waals surface area contributed by atoms with Crippen molar-refractivity contribution in [2.24, 2.45) is 0 Å². The van der Waals surface area contributed by atoms with Gasteiger partial charge in [-0.25, -0.2) is 4.39 Å². The normalized spacial score (nSPS) is 19.4. The van der Waals surface area contributed by atoms with Crippen molar-refractivity contribution in [1.82, 2.24) is 20.5 Å². The molecule has 45 heavy (non-hydrogen) atoms. The smallest absolute Gasteiger partial charge is 0.433 e. The monoisotopic (exact) mass is 630 g/mol. The maximum absolute atomic E-state index is 14.5. The van der Waals surface area contributed by atoms with Crippen molar-refractivity contribution in [3.05, 3.63) is 82.9 Å². The number of rotatable bonds is 2. The topological polar surface area (TPSA) is 119 Å². The molecule has 10 nitrogen and oxygen atoms in total. The number of hydrogen-bond acceptors (Lipinski definition) is 7. The van der Waals surface area contributed by atoms with Crippen molar-refractivity contribution in [1.29, 1.82) is 0 Å². The van der Waals surface area contributed by atoms with E-state index in [0.717, 1.165) is 23.9 Å². The Kier molecular flexibility index (Phi) is 9.40. The number of ether oxygens (including phenoxy) is 3. The number of benzene rings is 2. The van der Waals surface area contributed by atoms with Gasteiger partial charge in [0, 0.05) is 44.7 Å². The van der Waals surface area contributed by atoms with Crippen LogP contribution in [-0.4, -0.2) is 66.6 Å². The first kappa shape index (κ1) is 31.5. The molecule has 2 N–H and O–H groups in total. The van der Waals surface area contributed by atoms with E-state index in [-0.39, 0.29) is 49.7 Å². The van der Waals surface area contributed by atoms with Crippen LogP contribution in [-0.2, 0) is 28.7 Å². The van der Waals surface area contributed by atoms with Crippen molar-refractivity contribution in [3.8, 4) is 17.2 Å². The molecule has 1 aromatic heterocycles. The summed E-state index contributed by atoms with van der Waals surface area (Å²) in [6.45, 7) is -0.300. The molecular weight excluding hydrogens is 600 g/mol. The molecular formula is C31H30F4N4O6. The summed E-state index contributed by atoms with van der Waals surface area (Å²) >= 11 is 0. The van der Waals surface area contributed by atoms with Gasteiger partial charge < -0.3 is 29.7 Å². The maximum Gasteiger partial charge on any atom is 0.433 e. The van der Waals surface area contributed by atoms with E-state index in [1.165, 1.54) is 24.1 Å². The number of carbonyl (C=O) groups is 3. The molecule has 2 aliphatic heterocycles. The number of amides is 3. The first-order valence-electron chi connectivity index (χ1n) is 14.1. The van der Waals surface area contributed by atoms with Crippen LogP contribution in [0.5, 0.6) is 17.2 Å². The third kappa shape index (κ3) is 7.99. The molecule has 1 saturated heterocycles. The Bertz CT molecular complexity index is 1570. The molecule has 0 spiro atoms. The molecule has 2 aromatic carbocycles. The highest BCUT2D eigenvalue weighted by Crippen LogP contribution is 2.30. The maximum atomic E-state index is 14.5. The molecule has 4 bridgehead atoms. The summed E-state index contributed by atoms with van der Waals surface area (Å²) < 4.78 is 70.7. The summed E-state index contributed by atoms with van der Waals surface area (Å²) in [5, 5.41) is 5.60. The quantitative estimate of drug-likeness (QED) is 0.415. The Morgan fingerprint density at radius 1 is 1.04 bits per heavy atom. The second kappa shape index (κ2) is 13.4. The lowest BCUT2D eigenvalue weighted by molar-refractivity contribution is -0.141. The highest BCUT2D eigenvalue weighted by atomic mass is 19.4. The second-order valence-electron chi connectivity index (χ2n) is 10.6. The van der Waals surface area contributed by atoms with E-state index in [9.17, 15) is 31.9 Å². The van der Waals surface area contributed by atoms with Crippen LogP contribution in [0.1, 0.15) is 40.0 Å². The molecule has 5 rings (SSSR count). The van der Waals surface area contributed by atoms with E-state index < -0.39 is 48.3 Å². The number of pyridine rings is 1. The second-order valence-corrected chi connectivity index (χ2v) is 10.6. The number of aryl methyl sites for hydroxylation is 1. The van der Waals surface area contributed by atoms with Crippen LogP contribution in [0, 0.1) is 5.82 Å². The zero-order valence-electron chi connectivity index (χ0n) is 24.2. The lowest BCUT2D eigenvalue weighted by Gasteiger charge is -2.39. The van der Waals surface area contributed by atoms with Crippen molar-refractivity contribution in [3.63, 3.8) is 0 Å². The van der Waals surface area contributed by atoms with Gasteiger partial charge in [-0.3, -0.25) is 19.4 Å². The molecule has 0 aliphatic carbocycles. The Balaban J connectivity index is 1.40. The zero-order chi connectivity index (χ0) is 32.1. The number of hydrogen-bond donors (Lipinski definition) is 2. The van der Waals surface area contributed by atoms with Gasteiger partial charge in [0.15, 0.2) is 18.1 Å². The number of halogens is 4. The van der Waals surface area contributed by atoms with Gasteiger partial charge >= 0.3 is 6.18 Å². The average molecular weight is 631 g/mol. The molecule has 14 heteroatoms. The van der Waals surface area contributed by atoms with Crippen molar-refractivity contribution < 1.29 is 46.2 Å². The first-order chi connectivity index (χ1) is 21.5. The number of aromatic nitrogens is 1. The minimum absolute atomic E-state index is 0.0538. The molecule has 1 fully saturated rings. The van der Waals surface area contributed by atoms with Crippen LogP contribution in [0.15, 0.2) is 54.7 Å². The summed E-state index contributed by atoms with van der Waals surface area (Å²) in [4.78, 5) is 43.6. The Labute approximate surface area is 255 Å². The summed E-state index contributed by atoms with van der Waals surface area (Å²) in [5.74, 6) is -1.13. The molecule has 3 amide bonds. The van der Waals surface area contributed by atoms with Crippen LogP contribution in [0.25, 0.3) is 0 Å². The third-order valence-corrected chi connectivity index (χ3v) is 7.42. The Morgan fingerprint density at radius 2 is 1.87 bits per heavy atom. The van der Waals surface area contributed by atoms with Crippen molar-refractivity contribution >= 4 is 17.7 Å². The molecule has 238 valence electrons. The van der Waals surface area contributed by atoms with E-state index >= 15 is 0 Å². The fourth-order valence-electron chi connectivity index (χ4n) is 5.16. The van der Waals surface area contributed by atoms with Gasteiger partial charge in [0.2, 0.25) is 5.91 Å². The van der Waals surface area contributed by atoms with Crippen LogP contribution >= 0.6 is 0 Å². The molecule has 2 aliphatic rings. The third-order valence-electron chi connectivity index (χ3n) is 7.42. The van der Waals surface area contributed by atoms with Gasteiger partial charge in [-0.1, -0.05) is 6.07 Å². The molecule has 2 atom stereocenters. The molecule has 3 aromatic rings. The standard InChI is InChI=1S/C31H30F4N4O6/c1-43-25-5-2-18-3-7-28(40)37-14-19-10-21(32)13-22(11-19)45-24-8-9-39(16-23(24)38-29(41)17-44-26(25)12-18)30(42)20-4-6-27(36-15-20)31(33,34)35/h2,4-6,10-13,15,23-24H,3,7-9,14,16-17H2,1H3,(H,37,40)(H,38,41)/t23-,24-/m1/s1. The van der Waals surface area contributed by atoms with Gasteiger partial charge in [-0.15, -0.1) is 0 Å². The average Bonchev–Trinajstić information content (AvgIpc) is 3.01. The number of methoxy groups -OCH3 is 1. The van der Waals surface area contributed by atoms with Crippen molar-refractivity contribution in [2.75, 3.05) is 26.8 Å². The number of nitrogens with zero attached hydrogens (tertiary/aromatic N) is 2. The molecule has 3 heterocycles. The molecule has 0 radical (unpaired) electrons. The van der Waals surface area contributed by atoms with E-state index in [1.807, 2.05) is 0 Å². The largest absolute Gasteiger partial charge is 0.493 e. The number of fused-ring (bicyclic) bond motifs is 5. The minimum Gasteiger partial charge on any atom is -0.493 e. The lowest BCUT2D eigenvalue weighted by Crippen LogP contribution is -2.58. The van der Waals surface area contributed by atoms with Crippen LogP contribution in [0.2, 0.25) is 0 Å². The van der Waals surface area contributed by atoms with E-state index in [4.69, 9.17) is 14.2 Å². The summed E-state index contributed by atoms with van der Waals surface area (Å²) in [5.41, 5.74) is 0.0465. The number of likely N-dealkylation sites (tertiary alicyclic amines) is 1. The summed E-state index contributed by atoms with van der Waals surface area (Å²) in [6, 6.07) is 10.1. The fourth-order valence-corrected chi connectivity index (χ4v) is 5.16. The first-order valence-corrected chi connectivity index (χ1v) is 14.1. The summed E-state index contributed by atoms with van der Waals surface area (Å²) in [6.07, 6.45) is -3.78. The van der Waals surface area contributed by atoms with Gasteiger partial charge in [-0.2, -0.15) is 13.2 Å². The molecule has 0 saturated carbocycles. The van der Waals surface area contributed by atoms with Gasteiger partial charge in [0.05, 0.1) is 18.7 Å². The Morgan fingerprint density at radius 3 is 2.60 bits per heavy atom. The highest BCUT2D eigenvalue weighted by Gasteiger charge is 2.36. The number of carbonyl (C=O) groups excluding carboxylic acids is 3. The lowest BCUT2D eigenvalue weighted by atomic mass is 10.0.